The molecule has 1 saturated heterocycles. The number of hydrogen-bond donors (Lipinski definition) is 2. The van der Waals surface area contributed by atoms with Gasteiger partial charge in [0.05, 0.1) is 0 Å². The molecule has 2 N–H and O–H groups in total. The Kier molecular flexibility index (Phi) is 6.67. The number of likely N-dealkylation sites (tertiary alicyclic amines) is 1. The molecule has 1 atom stereocenters. The van der Waals surface area contributed by atoms with Gasteiger partial charge < -0.3 is 15.5 Å². The van der Waals surface area contributed by atoms with Gasteiger partial charge in [-0.25, -0.2) is 4.79 Å². The van der Waals surface area contributed by atoms with Crippen molar-refractivity contribution in [2.45, 2.75) is 25.4 Å². The largest absolute Gasteiger partial charge is 0.334 e. The van der Waals surface area contributed by atoms with Crippen LogP contribution in [0.3, 0.4) is 0 Å². The standard InChI is InChI=1S/C14H21N3O.ClH/c1-15-13-8-5-9-17(11-13)14(18)16-10-12-6-3-2-4-7-12;/h2-4,6-7,13,15H,5,8-11H2,1H3,(H,16,18);1H. The number of nitrogens with one attached hydrogen (secondary N) is 2. The molecule has 1 fully saturated rings. The predicted molar refractivity (Wildman–Crippen MR) is 79.6 cm³/mol. The SMILES string of the molecule is CNC1CCCN(C(=O)NCc2ccccc2)C1.Cl. The first-order valence-corrected chi connectivity index (χ1v) is 6.53. The second-order valence-electron chi connectivity index (χ2n) is 4.72. The molecule has 106 valence electrons. The molecule has 0 spiro atoms. The van der Waals surface area contributed by atoms with E-state index in [0.29, 0.717) is 12.6 Å². The molecule has 2 amide bonds. The normalized spacial score (nSPS) is 18.6. The van der Waals surface area contributed by atoms with Crippen LogP contribution in [0.2, 0.25) is 0 Å². The van der Waals surface area contributed by atoms with Crippen molar-refractivity contribution in [1.82, 2.24) is 15.5 Å². The third-order valence-electron chi connectivity index (χ3n) is 3.40. The number of rotatable bonds is 3. The molecule has 2 rings (SSSR count). The smallest absolute Gasteiger partial charge is 0.317 e. The van der Waals surface area contributed by atoms with Gasteiger partial charge in [0, 0.05) is 25.7 Å². The minimum Gasteiger partial charge on any atom is -0.334 e. The summed E-state index contributed by atoms with van der Waals surface area (Å²) in [6, 6.07) is 10.5. The van der Waals surface area contributed by atoms with Gasteiger partial charge >= 0.3 is 6.03 Å². The van der Waals surface area contributed by atoms with Gasteiger partial charge in [0.2, 0.25) is 0 Å². The lowest BCUT2D eigenvalue weighted by molar-refractivity contribution is 0.174. The fourth-order valence-corrected chi connectivity index (χ4v) is 2.28. The second-order valence-corrected chi connectivity index (χ2v) is 4.72. The number of hydrogen-bond acceptors (Lipinski definition) is 2. The molecule has 0 radical (unpaired) electrons. The predicted octanol–water partition coefficient (Wildman–Crippen LogP) is 2.00. The Morgan fingerprint density at radius 1 is 1.37 bits per heavy atom. The van der Waals surface area contributed by atoms with Crippen molar-refractivity contribution in [1.29, 1.82) is 0 Å². The van der Waals surface area contributed by atoms with Crippen LogP contribution in [-0.4, -0.2) is 37.1 Å². The highest BCUT2D eigenvalue weighted by Gasteiger charge is 2.21. The van der Waals surface area contributed by atoms with E-state index in [1.54, 1.807) is 0 Å². The Morgan fingerprint density at radius 2 is 2.11 bits per heavy atom. The Morgan fingerprint density at radius 3 is 2.79 bits per heavy atom. The van der Waals surface area contributed by atoms with Crippen molar-refractivity contribution in [2.75, 3.05) is 20.1 Å². The summed E-state index contributed by atoms with van der Waals surface area (Å²) in [4.78, 5) is 13.9. The molecular weight excluding hydrogens is 262 g/mol. The summed E-state index contributed by atoms with van der Waals surface area (Å²) < 4.78 is 0. The highest BCUT2D eigenvalue weighted by atomic mass is 35.5. The van der Waals surface area contributed by atoms with E-state index in [9.17, 15) is 4.79 Å². The average molecular weight is 284 g/mol. The van der Waals surface area contributed by atoms with Crippen LogP contribution < -0.4 is 10.6 Å². The molecule has 4 nitrogen and oxygen atoms in total. The maximum absolute atomic E-state index is 12.0. The Hall–Kier alpha value is -1.26. The lowest BCUT2D eigenvalue weighted by atomic mass is 10.1. The first kappa shape index (κ1) is 15.8. The average Bonchev–Trinajstić information content (AvgIpc) is 2.46. The summed E-state index contributed by atoms with van der Waals surface area (Å²) in [6.45, 7) is 2.26. The van der Waals surface area contributed by atoms with E-state index < -0.39 is 0 Å². The van der Waals surface area contributed by atoms with Gasteiger partial charge in [-0.05, 0) is 25.5 Å². The lowest BCUT2D eigenvalue weighted by Crippen LogP contribution is -2.50. The number of benzene rings is 1. The van der Waals surface area contributed by atoms with E-state index in [2.05, 4.69) is 10.6 Å². The Bertz CT molecular complexity index is 386. The number of amides is 2. The van der Waals surface area contributed by atoms with Crippen LogP contribution in [0.5, 0.6) is 0 Å². The minimum absolute atomic E-state index is 0. The summed E-state index contributed by atoms with van der Waals surface area (Å²) in [6.07, 6.45) is 2.23. The lowest BCUT2D eigenvalue weighted by Gasteiger charge is -2.32. The third-order valence-corrected chi connectivity index (χ3v) is 3.40. The van der Waals surface area contributed by atoms with Crippen molar-refractivity contribution in [2.24, 2.45) is 0 Å². The Balaban J connectivity index is 0.00000180. The minimum atomic E-state index is 0. The molecule has 0 bridgehead atoms. The quantitative estimate of drug-likeness (QED) is 0.891. The summed E-state index contributed by atoms with van der Waals surface area (Å²) in [7, 11) is 1.95. The van der Waals surface area contributed by atoms with Gasteiger partial charge in [-0.1, -0.05) is 30.3 Å². The van der Waals surface area contributed by atoms with E-state index in [-0.39, 0.29) is 18.4 Å². The van der Waals surface area contributed by atoms with Gasteiger partial charge in [0.1, 0.15) is 0 Å². The number of urea groups is 1. The maximum Gasteiger partial charge on any atom is 0.317 e. The monoisotopic (exact) mass is 283 g/mol. The first-order chi connectivity index (χ1) is 8.79. The summed E-state index contributed by atoms with van der Waals surface area (Å²) in [5.74, 6) is 0. The molecule has 1 aliphatic heterocycles. The molecule has 19 heavy (non-hydrogen) atoms. The second kappa shape index (κ2) is 8.02. The van der Waals surface area contributed by atoms with Crippen LogP contribution in [0.15, 0.2) is 30.3 Å². The highest BCUT2D eigenvalue weighted by Crippen LogP contribution is 2.09. The van der Waals surface area contributed by atoms with E-state index in [1.807, 2.05) is 42.3 Å². The fourth-order valence-electron chi connectivity index (χ4n) is 2.28. The van der Waals surface area contributed by atoms with Gasteiger partial charge in [-0.3, -0.25) is 0 Å². The Labute approximate surface area is 121 Å². The van der Waals surface area contributed by atoms with E-state index in [1.165, 1.54) is 0 Å². The molecule has 5 heteroatoms. The van der Waals surface area contributed by atoms with Crippen molar-refractivity contribution in [3.63, 3.8) is 0 Å². The topological polar surface area (TPSA) is 44.4 Å². The zero-order valence-corrected chi connectivity index (χ0v) is 12.1. The third kappa shape index (κ3) is 4.73. The van der Waals surface area contributed by atoms with Crippen LogP contribution in [0.1, 0.15) is 18.4 Å². The molecule has 0 aromatic heterocycles. The molecule has 1 unspecified atom stereocenters. The van der Waals surface area contributed by atoms with Crippen LogP contribution >= 0.6 is 12.4 Å². The van der Waals surface area contributed by atoms with Crippen LogP contribution in [-0.2, 0) is 6.54 Å². The number of carbonyl (C=O) groups excluding carboxylic acids is 1. The van der Waals surface area contributed by atoms with Crippen LogP contribution in [0.25, 0.3) is 0 Å². The molecular formula is C14H22ClN3O. The van der Waals surface area contributed by atoms with Crippen LogP contribution in [0.4, 0.5) is 4.79 Å². The van der Waals surface area contributed by atoms with Gasteiger partial charge in [-0.2, -0.15) is 0 Å². The molecule has 1 aromatic rings. The van der Waals surface area contributed by atoms with E-state index in [4.69, 9.17) is 0 Å². The number of piperidine rings is 1. The number of carbonyl (C=O) groups is 1. The molecule has 1 aromatic carbocycles. The molecule has 0 aliphatic carbocycles. The maximum atomic E-state index is 12.0. The van der Waals surface area contributed by atoms with Gasteiger partial charge in [0.25, 0.3) is 0 Å². The fraction of sp³-hybridized carbons (Fsp3) is 0.500. The number of halogens is 1. The first-order valence-electron chi connectivity index (χ1n) is 6.53. The molecule has 1 heterocycles. The van der Waals surface area contributed by atoms with Gasteiger partial charge in [0.15, 0.2) is 0 Å². The van der Waals surface area contributed by atoms with Crippen molar-refractivity contribution in [3.8, 4) is 0 Å². The van der Waals surface area contributed by atoms with E-state index >= 15 is 0 Å². The zero-order chi connectivity index (χ0) is 12.8. The van der Waals surface area contributed by atoms with E-state index in [0.717, 1.165) is 31.5 Å². The zero-order valence-electron chi connectivity index (χ0n) is 11.3. The van der Waals surface area contributed by atoms with Gasteiger partial charge in [-0.15, -0.1) is 12.4 Å². The molecule has 0 saturated carbocycles. The van der Waals surface area contributed by atoms with Crippen molar-refractivity contribution >= 4 is 18.4 Å². The summed E-state index contributed by atoms with van der Waals surface area (Å²) >= 11 is 0. The number of likely N-dealkylation sites (N-methyl/N-ethyl adjacent to an activating group) is 1. The highest BCUT2D eigenvalue weighted by molar-refractivity contribution is 5.85. The summed E-state index contributed by atoms with van der Waals surface area (Å²) in [5, 5.41) is 6.21. The summed E-state index contributed by atoms with van der Waals surface area (Å²) in [5.41, 5.74) is 1.13. The van der Waals surface area contributed by atoms with Crippen molar-refractivity contribution in [3.05, 3.63) is 35.9 Å². The van der Waals surface area contributed by atoms with Crippen LogP contribution in [0, 0.1) is 0 Å². The number of nitrogens with zero attached hydrogens (tertiary/aromatic N) is 1. The molecule has 1 aliphatic rings. The van der Waals surface area contributed by atoms with Crippen molar-refractivity contribution < 1.29 is 4.79 Å².